The van der Waals surface area contributed by atoms with Gasteiger partial charge in [-0.2, -0.15) is 0 Å². The van der Waals surface area contributed by atoms with Gasteiger partial charge in [0, 0.05) is 19.5 Å². The van der Waals surface area contributed by atoms with Crippen LogP contribution in [-0.2, 0) is 9.31 Å². The third-order valence-electron chi connectivity index (χ3n) is 3.67. The first-order valence-corrected chi connectivity index (χ1v) is 6.96. The van der Waals surface area contributed by atoms with Crippen molar-refractivity contribution in [2.45, 2.75) is 38.9 Å². The topological polar surface area (TPSA) is 51.6 Å². The Hall–Kier alpha value is -1.43. The van der Waals surface area contributed by atoms with Gasteiger partial charge in [-0.1, -0.05) is 24.3 Å². The van der Waals surface area contributed by atoms with Crippen molar-refractivity contribution < 1.29 is 14.4 Å². The number of hydrogen-bond donors (Lipinski definition) is 1. The van der Waals surface area contributed by atoms with Crippen molar-refractivity contribution in [3.63, 3.8) is 0 Å². The molecule has 0 unspecified atom stereocenters. The van der Waals surface area contributed by atoms with Crippen molar-refractivity contribution in [1.82, 2.24) is 4.98 Å². The van der Waals surface area contributed by atoms with Gasteiger partial charge in [0.2, 0.25) is 0 Å². The van der Waals surface area contributed by atoms with E-state index in [1.54, 1.807) is 12.4 Å². The molecule has 4 nitrogen and oxygen atoms in total. The van der Waals surface area contributed by atoms with E-state index in [1.165, 1.54) is 0 Å². The van der Waals surface area contributed by atoms with Crippen LogP contribution in [0, 0.1) is 0 Å². The minimum absolute atomic E-state index is 0.320. The molecule has 2 rings (SSSR count). The zero-order chi connectivity index (χ0) is 15.9. The second-order valence-corrected chi connectivity index (χ2v) is 5.64. The van der Waals surface area contributed by atoms with Crippen LogP contribution in [0.1, 0.15) is 27.7 Å². The molecule has 0 atom stereocenters. The summed E-state index contributed by atoms with van der Waals surface area (Å²) in [6.07, 6.45) is 3.49. The lowest BCUT2D eigenvalue weighted by Crippen LogP contribution is -2.41. The maximum absolute atomic E-state index is 7.00. The second kappa shape index (κ2) is 7.55. The number of hydrogen-bond acceptors (Lipinski definition) is 4. The van der Waals surface area contributed by atoms with Crippen LogP contribution in [-0.4, -0.2) is 35.5 Å². The molecule has 0 radical (unpaired) electrons. The van der Waals surface area contributed by atoms with Crippen molar-refractivity contribution in [3.8, 4) is 0 Å². The van der Waals surface area contributed by atoms with Crippen LogP contribution in [0.4, 0.5) is 0 Å². The average molecular weight is 289 g/mol. The zero-order valence-electron chi connectivity index (χ0n) is 13.4. The van der Waals surface area contributed by atoms with Gasteiger partial charge in [0.05, 0.1) is 11.2 Å². The third kappa shape index (κ3) is 4.53. The van der Waals surface area contributed by atoms with Gasteiger partial charge in [0.25, 0.3) is 0 Å². The Labute approximate surface area is 127 Å². The van der Waals surface area contributed by atoms with Crippen LogP contribution in [0.3, 0.4) is 0 Å². The largest absolute Gasteiger partial charge is 0.494 e. The highest BCUT2D eigenvalue weighted by atomic mass is 16.7. The predicted octanol–water partition coefficient (Wildman–Crippen LogP) is 2.11. The number of rotatable bonds is 1. The summed E-state index contributed by atoms with van der Waals surface area (Å²) < 4.78 is 12.1. The number of aromatic nitrogens is 1. The standard InChI is InChI=1S/C15H20BNO2.CH4O/c1-14(2)15(3,4)19-16(18-14)13-9-6-5-7-11-17-12-8-10-13;1-2/h5-12H,1-4H3;2H,1H3. The minimum Gasteiger partial charge on any atom is -0.400 e. The summed E-state index contributed by atoms with van der Waals surface area (Å²) in [6, 6.07) is 11.6. The molecule has 1 aliphatic heterocycles. The molecule has 1 aromatic rings. The number of aliphatic hydroxyl groups is 1. The molecule has 0 spiro atoms. The summed E-state index contributed by atoms with van der Waals surface area (Å²) in [7, 11) is 0.655. The Morgan fingerprint density at radius 2 is 1.38 bits per heavy atom. The van der Waals surface area contributed by atoms with E-state index in [9.17, 15) is 0 Å². The van der Waals surface area contributed by atoms with E-state index in [1.807, 2.05) is 36.4 Å². The smallest absolute Gasteiger partial charge is 0.400 e. The molecular formula is C16H24BNO3. The Kier molecular flexibility index (Phi) is 6.33. The van der Waals surface area contributed by atoms with E-state index in [0.29, 0.717) is 0 Å². The maximum atomic E-state index is 7.00. The molecule has 2 heterocycles. The van der Waals surface area contributed by atoms with Crippen LogP contribution in [0.25, 0.3) is 0 Å². The third-order valence-corrected chi connectivity index (χ3v) is 3.67. The molecular weight excluding hydrogens is 265 g/mol. The molecule has 0 aliphatic carbocycles. The highest BCUT2D eigenvalue weighted by Gasteiger charge is 2.51. The molecule has 21 heavy (non-hydrogen) atoms. The van der Waals surface area contributed by atoms with Crippen molar-refractivity contribution in [2.24, 2.45) is 0 Å². The summed E-state index contributed by atoms with van der Waals surface area (Å²) in [5, 5.41) is 7.00. The van der Waals surface area contributed by atoms with Crippen LogP contribution >= 0.6 is 0 Å². The van der Waals surface area contributed by atoms with Crippen molar-refractivity contribution >= 4 is 12.6 Å². The van der Waals surface area contributed by atoms with Crippen LogP contribution in [0.5, 0.6) is 0 Å². The SMILES string of the molecule is CC1(C)OB(c2cccccnccc2)OC1(C)C.CO. The number of aliphatic hydroxyl groups excluding tert-OH is 1. The van der Waals surface area contributed by atoms with Crippen molar-refractivity contribution in [3.05, 3.63) is 48.8 Å². The summed E-state index contributed by atoms with van der Waals surface area (Å²) in [4.78, 5) is 4.10. The quantitative estimate of drug-likeness (QED) is 0.805. The Bertz CT molecular complexity index is 464. The predicted molar refractivity (Wildman–Crippen MR) is 85.7 cm³/mol. The van der Waals surface area contributed by atoms with E-state index in [-0.39, 0.29) is 18.3 Å². The summed E-state index contributed by atoms with van der Waals surface area (Å²) >= 11 is 0. The van der Waals surface area contributed by atoms with Gasteiger partial charge in [-0.25, -0.2) is 0 Å². The first-order valence-electron chi connectivity index (χ1n) is 6.96. The lowest BCUT2D eigenvalue weighted by Gasteiger charge is -2.32. The van der Waals surface area contributed by atoms with E-state index >= 15 is 0 Å². The Morgan fingerprint density at radius 3 is 2.00 bits per heavy atom. The van der Waals surface area contributed by atoms with Gasteiger partial charge < -0.3 is 14.4 Å². The van der Waals surface area contributed by atoms with Gasteiger partial charge in [0.1, 0.15) is 0 Å². The molecule has 114 valence electrons. The fourth-order valence-corrected chi connectivity index (χ4v) is 1.78. The highest BCUT2D eigenvalue weighted by molar-refractivity contribution is 6.62. The van der Waals surface area contributed by atoms with Crippen molar-refractivity contribution in [1.29, 1.82) is 0 Å². The van der Waals surface area contributed by atoms with E-state index in [0.717, 1.165) is 12.6 Å². The summed E-state index contributed by atoms with van der Waals surface area (Å²) in [5.74, 6) is 0. The lowest BCUT2D eigenvalue weighted by molar-refractivity contribution is 0.00578. The molecule has 1 aromatic heterocycles. The summed E-state index contributed by atoms with van der Waals surface area (Å²) in [6.45, 7) is 8.21. The van der Waals surface area contributed by atoms with Crippen molar-refractivity contribution in [2.75, 3.05) is 7.11 Å². The van der Waals surface area contributed by atoms with E-state index in [4.69, 9.17) is 14.4 Å². The molecule has 5 heteroatoms. The molecule has 0 bridgehead atoms. The fraction of sp³-hybridized carbons (Fsp3) is 0.438. The second-order valence-electron chi connectivity index (χ2n) is 5.64. The minimum atomic E-state index is -0.345. The first-order chi connectivity index (χ1) is 9.92. The molecule has 0 aromatic carbocycles. The normalized spacial score (nSPS) is 18.3. The van der Waals surface area contributed by atoms with Crippen LogP contribution < -0.4 is 5.46 Å². The fourth-order valence-electron chi connectivity index (χ4n) is 1.78. The van der Waals surface area contributed by atoms with E-state index < -0.39 is 0 Å². The van der Waals surface area contributed by atoms with Crippen LogP contribution in [0.15, 0.2) is 48.8 Å². The monoisotopic (exact) mass is 289 g/mol. The van der Waals surface area contributed by atoms with E-state index in [2.05, 4.69) is 32.7 Å². The molecule has 1 aliphatic rings. The number of nitrogens with zero attached hydrogens (tertiary/aromatic N) is 1. The first kappa shape index (κ1) is 17.6. The average Bonchev–Trinajstić information content (AvgIpc) is 2.67. The highest BCUT2D eigenvalue weighted by Crippen LogP contribution is 2.36. The molecule has 0 amide bonds. The zero-order valence-corrected chi connectivity index (χ0v) is 13.4. The molecule has 0 saturated carbocycles. The van der Waals surface area contributed by atoms with Gasteiger partial charge in [-0.15, -0.1) is 0 Å². The van der Waals surface area contributed by atoms with Gasteiger partial charge in [-0.3, -0.25) is 4.98 Å². The Balaban J connectivity index is 0.00000106. The van der Waals surface area contributed by atoms with Gasteiger partial charge >= 0.3 is 7.12 Å². The molecule has 1 saturated heterocycles. The van der Waals surface area contributed by atoms with Gasteiger partial charge in [0.15, 0.2) is 0 Å². The lowest BCUT2D eigenvalue weighted by atomic mass is 9.80. The molecule has 1 fully saturated rings. The molecule has 1 N–H and O–H groups in total. The maximum Gasteiger partial charge on any atom is 0.494 e. The summed E-state index contributed by atoms with van der Waals surface area (Å²) in [5.41, 5.74) is 0.343. The van der Waals surface area contributed by atoms with Gasteiger partial charge in [-0.05, 0) is 45.3 Å². The van der Waals surface area contributed by atoms with Crippen LogP contribution in [0.2, 0.25) is 0 Å². The Morgan fingerprint density at radius 1 is 0.857 bits per heavy atom.